The molecule has 0 spiro atoms. The molecule has 1 aliphatic heterocycles. The quantitative estimate of drug-likeness (QED) is 0.420. The maximum absolute atomic E-state index is 4.61. The Hall–Kier alpha value is -2.66. The van der Waals surface area contributed by atoms with Crippen LogP contribution in [0.3, 0.4) is 0 Å². The molecule has 0 atom stereocenters. The number of H-pyrrole nitrogens is 1. The van der Waals surface area contributed by atoms with E-state index in [9.17, 15) is 0 Å². The third kappa shape index (κ3) is 3.53. The number of nitrogens with zero attached hydrogens (tertiary/aromatic N) is 4. The van der Waals surface area contributed by atoms with Gasteiger partial charge in [0.15, 0.2) is 5.65 Å². The molecule has 1 fully saturated rings. The lowest BCUT2D eigenvalue weighted by Crippen LogP contribution is -2.37. The second-order valence-electron chi connectivity index (χ2n) is 10.0. The van der Waals surface area contributed by atoms with Crippen LogP contribution >= 0.6 is 0 Å². The van der Waals surface area contributed by atoms with Crippen molar-refractivity contribution in [3.8, 4) is 11.3 Å². The van der Waals surface area contributed by atoms with E-state index >= 15 is 0 Å². The molecule has 0 radical (unpaired) electrons. The highest BCUT2D eigenvalue weighted by Crippen LogP contribution is 2.39. The number of likely N-dealkylation sites (tertiary alicyclic amines) is 1. The fraction of sp³-hybridized carbons (Fsp3) is 0.481. The molecule has 0 bridgehead atoms. The molecule has 0 aliphatic carbocycles. The Morgan fingerprint density at radius 2 is 1.75 bits per heavy atom. The van der Waals surface area contributed by atoms with Gasteiger partial charge in [0.25, 0.3) is 0 Å². The summed E-state index contributed by atoms with van der Waals surface area (Å²) >= 11 is 0. The normalized spacial score (nSPS) is 16.2. The van der Waals surface area contributed by atoms with Gasteiger partial charge in [-0.05, 0) is 101 Å². The topological polar surface area (TPSA) is 49.2 Å². The number of piperidine rings is 1. The molecule has 1 aromatic carbocycles. The molecule has 5 nitrogen and oxygen atoms in total. The first kappa shape index (κ1) is 21.2. The lowest BCUT2D eigenvalue weighted by Gasteiger charge is -2.34. The Kier molecular flexibility index (Phi) is 5.32. The highest BCUT2D eigenvalue weighted by atomic mass is 15.3. The minimum absolute atomic E-state index is 0.421. The number of aryl methyl sites for hydroxylation is 2. The second-order valence-corrected chi connectivity index (χ2v) is 10.0. The van der Waals surface area contributed by atoms with E-state index in [2.05, 4.69) is 84.9 Å². The number of aromatic amines is 1. The molecule has 3 aromatic heterocycles. The van der Waals surface area contributed by atoms with Crippen LogP contribution in [0.4, 0.5) is 0 Å². The van der Waals surface area contributed by atoms with E-state index in [4.69, 9.17) is 0 Å². The van der Waals surface area contributed by atoms with E-state index in [-0.39, 0.29) is 0 Å². The number of fused-ring (bicyclic) bond motifs is 2. The summed E-state index contributed by atoms with van der Waals surface area (Å²) in [5, 5.41) is 5.98. The molecule has 1 aliphatic rings. The summed E-state index contributed by atoms with van der Waals surface area (Å²) in [7, 11) is 0. The zero-order valence-electron chi connectivity index (χ0n) is 20.2. The first-order valence-electron chi connectivity index (χ1n) is 12.1. The van der Waals surface area contributed by atoms with Crippen LogP contribution in [-0.4, -0.2) is 43.6 Å². The summed E-state index contributed by atoms with van der Waals surface area (Å²) in [5.74, 6) is 1.88. The average Bonchev–Trinajstić information content (AvgIpc) is 3.34. The standard InChI is InChI=1S/C27H35N5/c1-16(2)26-23-15-21(20-11-13-31(14-12-20)17(3)4)7-9-24(23)29-27(26)22-8-10-25-28-19(6)30-32(25)18(22)5/h7-10,15-17,20,29H,11-14H2,1-6H3. The van der Waals surface area contributed by atoms with E-state index in [0.29, 0.717) is 17.9 Å². The van der Waals surface area contributed by atoms with E-state index in [0.717, 1.165) is 17.2 Å². The van der Waals surface area contributed by atoms with E-state index < -0.39 is 0 Å². The third-order valence-corrected chi connectivity index (χ3v) is 7.29. The summed E-state index contributed by atoms with van der Waals surface area (Å²) in [5.41, 5.74) is 8.57. The Labute approximate surface area is 190 Å². The van der Waals surface area contributed by atoms with Crippen LogP contribution in [0.15, 0.2) is 30.3 Å². The second kappa shape index (κ2) is 8.04. The summed E-state index contributed by atoms with van der Waals surface area (Å²) in [6.07, 6.45) is 2.50. The SMILES string of the molecule is Cc1nc2ccc(-c3[nH]c4ccc(C5CCN(C(C)C)CC5)cc4c3C(C)C)c(C)n2n1. The smallest absolute Gasteiger partial charge is 0.155 e. The molecule has 4 heterocycles. The van der Waals surface area contributed by atoms with Crippen molar-refractivity contribution in [2.24, 2.45) is 0 Å². The van der Waals surface area contributed by atoms with Crippen LogP contribution < -0.4 is 0 Å². The lowest BCUT2D eigenvalue weighted by molar-refractivity contribution is 0.172. The van der Waals surface area contributed by atoms with Crippen molar-refractivity contribution >= 4 is 16.6 Å². The van der Waals surface area contributed by atoms with Crippen molar-refractivity contribution in [3.63, 3.8) is 0 Å². The van der Waals surface area contributed by atoms with Crippen molar-refractivity contribution in [1.29, 1.82) is 0 Å². The van der Waals surface area contributed by atoms with Gasteiger partial charge in [0.2, 0.25) is 0 Å². The van der Waals surface area contributed by atoms with Gasteiger partial charge in [0, 0.05) is 22.5 Å². The zero-order chi connectivity index (χ0) is 22.6. The van der Waals surface area contributed by atoms with Gasteiger partial charge < -0.3 is 9.88 Å². The van der Waals surface area contributed by atoms with Gasteiger partial charge in [-0.15, -0.1) is 0 Å². The first-order valence-corrected chi connectivity index (χ1v) is 12.1. The molecule has 0 unspecified atom stereocenters. The monoisotopic (exact) mass is 429 g/mol. The van der Waals surface area contributed by atoms with Crippen LogP contribution in [0.25, 0.3) is 27.8 Å². The van der Waals surface area contributed by atoms with Crippen LogP contribution in [0.1, 0.15) is 75.0 Å². The number of hydrogen-bond acceptors (Lipinski definition) is 3. The number of nitrogens with one attached hydrogen (secondary N) is 1. The molecule has 5 heteroatoms. The fourth-order valence-corrected chi connectivity index (χ4v) is 5.49. The Bertz CT molecular complexity index is 1270. The Morgan fingerprint density at radius 1 is 1.00 bits per heavy atom. The number of hydrogen-bond donors (Lipinski definition) is 1. The molecular formula is C27H35N5. The predicted molar refractivity (Wildman–Crippen MR) is 133 cm³/mol. The number of benzene rings is 1. The van der Waals surface area contributed by atoms with Gasteiger partial charge in [-0.25, -0.2) is 9.50 Å². The first-order chi connectivity index (χ1) is 15.3. The summed E-state index contributed by atoms with van der Waals surface area (Å²) in [6.45, 7) is 15.7. The van der Waals surface area contributed by atoms with Crippen molar-refractivity contribution in [3.05, 3.63) is 53.0 Å². The zero-order valence-corrected chi connectivity index (χ0v) is 20.2. The molecule has 4 aromatic rings. The van der Waals surface area contributed by atoms with Crippen LogP contribution in [0.5, 0.6) is 0 Å². The highest BCUT2D eigenvalue weighted by molar-refractivity contribution is 5.92. The van der Waals surface area contributed by atoms with Crippen molar-refractivity contribution in [2.75, 3.05) is 13.1 Å². The summed E-state index contributed by atoms with van der Waals surface area (Å²) in [6, 6.07) is 12.0. The molecule has 0 amide bonds. The van der Waals surface area contributed by atoms with Crippen molar-refractivity contribution in [1.82, 2.24) is 24.5 Å². The minimum Gasteiger partial charge on any atom is -0.354 e. The lowest BCUT2D eigenvalue weighted by atomic mass is 9.87. The Balaban J connectivity index is 1.58. The van der Waals surface area contributed by atoms with Crippen LogP contribution in [0.2, 0.25) is 0 Å². The van der Waals surface area contributed by atoms with Gasteiger partial charge in [0.1, 0.15) is 5.82 Å². The van der Waals surface area contributed by atoms with E-state index in [1.165, 1.54) is 59.2 Å². The average molecular weight is 430 g/mol. The van der Waals surface area contributed by atoms with Crippen LogP contribution in [0, 0.1) is 13.8 Å². The molecule has 1 saturated heterocycles. The van der Waals surface area contributed by atoms with Gasteiger partial charge in [-0.3, -0.25) is 0 Å². The number of aromatic nitrogens is 4. The highest BCUT2D eigenvalue weighted by Gasteiger charge is 2.24. The Morgan fingerprint density at radius 3 is 2.44 bits per heavy atom. The van der Waals surface area contributed by atoms with E-state index in [1.807, 2.05) is 11.4 Å². The van der Waals surface area contributed by atoms with Gasteiger partial charge in [0.05, 0.1) is 11.4 Å². The number of rotatable bonds is 4. The molecule has 1 N–H and O–H groups in total. The van der Waals surface area contributed by atoms with Gasteiger partial charge in [-0.2, -0.15) is 5.10 Å². The van der Waals surface area contributed by atoms with Crippen molar-refractivity contribution < 1.29 is 0 Å². The van der Waals surface area contributed by atoms with E-state index in [1.54, 1.807) is 0 Å². The molecule has 32 heavy (non-hydrogen) atoms. The largest absolute Gasteiger partial charge is 0.354 e. The summed E-state index contributed by atoms with van der Waals surface area (Å²) < 4.78 is 1.97. The maximum atomic E-state index is 4.61. The van der Waals surface area contributed by atoms with Crippen molar-refractivity contribution in [2.45, 2.75) is 72.3 Å². The third-order valence-electron chi connectivity index (χ3n) is 7.29. The molecule has 0 saturated carbocycles. The molecule has 5 rings (SSSR count). The molecular weight excluding hydrogens is 394 g/mol. The van der Waals surface area contributed by atoms with Crippen LogP contribution in [-0.2, 0) is 0 Å². The fourth-order valence-electron chi connectivity index (χ4n) is 5.49. The van der Waals surface area contributed by atoms with Gasteiger partial charge >= 0.3 is 0 Å². The predicted octanol–water partition coefficient (Wildman–Crippen LogP) is 6.21. The van der Waals surface area contributed by atoms with Gasteiger partial charge in [-0.1, -0.05) is 19.9 Å². The number of pyridine rings is 1. The minimum atomic E-state index is 0.421. The molecule has 168 valence electrons. The maximum Gasteiger partial charge on any atom is 0.155 e. The summed E-state index contributed by atoms with van der Waals surface area (Å²) in [4.78, 5) is 10.9.